The summed E-state index contributed by atoms with van der Waals surface area (Å²) in [6.07, 6.45) is 0. The normalized spacial score (nSPS) is 11.2. The average molecular weight is 232 g/mol. The van der Waals surface area contributed by atoms with E-state index in [1.807, 2.05) is 6.07 Å². The number of fused-ring (bicyclic) bond motifs is 1. The SMILES string of the molecule is CC(C)NCc1ccc2c(O)ccc(O)c2n1. The number of aromatic nitrogens is 1. The molecule has 0 atom stereocenters. The van der Waals surface area contributed by atoms with Gasteiger partial charge in [-0.25, -0.2) is 4.98 Å². The van der Waals surface area contributed by atoms with E-state index in [-0.39, 0.29) is 11.5 Å². The second-order valence-corrected chi connectivity index (χ2v) is 4.34. The van der Waals surface area contributed by atoms with Crippen LogP contribution in [0.25, 0.3) is 10.9 Å². The number of pyridine rings is 1. The molecule has 0 amide bonds. The molecule has 1 aromatic heterocycles. The van der Waals surface area contributed by atoms with Crippen molar-refractivity contribution in [3.63, 3.8) is 0 Å². The molecule has 0 aliphatic heterocycles. The van der Waals surface area contributed by atoms with Gasteiger partial charge < -0.3 is 15.5 Å². The Morgan fingerprint density at radius 2 is 1.82 bits per heavy atom. The van der Waals surface area contributed by atoms with Crippen LogP contribution in [-0.4, -0.2) is 21.2 Å². The number of phenolic OH excluding ortho intramolecular Hbond substituents is 2. The maximum Gasteiger partial charge on any atom is 0.142 e. The van der Waals surface area contributed by atoms with Crippen molar-refractivity contribution in [2.75, 3.05) is 0 Å². The summed E-state index contributed by atoms with van der Waals surface area (Å²) in [4.78, 5) is 4.34. The second kappa shape index (κ2) is 4.59. The molecule has 0 bridgehead atoms. The highest BCUT2D eigenvalue weighted by atomic mass is 16.3. The van der Waals surface area contributed by atoms with E-state index in [0.29, 0.717) is 23.5 Å². The summed E-state index contributed by atoms with van der Waals surface area (Å²) in [5, 5.41) is 23.2. The van der Waals surface area contributed by atoms with E-state index in [1.54, 1.807) is 6.07 Å². The van der Waals surface area contributed by atoms with Crippen molar-refractivity contribution in [3.05, 3.63) is 30.0 Å². The fourth-order valence-electron chi connectivity index (χ4n) is 1.64. The molecule has 1 aromatic carbocycles. The molecule has 2 aromatic rings. The van der Waals surface area contributed by atoms with Gasteiger partial charge >= 0.3 is 0 Å². The zero-order valence-electron chi connectivity index (χ0n) is 9.94. The van der Waals surface area contributed by atoms with Gasteiger partial charge in [0.25, 0.3) is 0 Å². The number of hydrogen-bond acceptors (Lipinski definition) is 4. The highest BCUT2D eigenvalue weighted by Crippen LogP contribution is 2.30. The quantitative estimate of drug-likeness (QED) is 0.709. The summed E-state index contributed by atoms with van der Waals surface area (Å²) in [6.45, 7) is 4.76. The largest absolute Gasteiger partial charge is 0.507 e. The van der Waals surface area contributed by atoms with Crippen molar-refractivity contribution in [1.29, 1.82) is 0 Å². The summed E-state index contributed by atoms with van der Waals surface area (Å²) in [5.74, 6) is 0.220. The fourth-order valence-corrected chi connectivity index (χ4v) is 1.64. The fraction of sp³-hybridized carbons (Fsp3) is 0.308. The van der Waals surface area contributed by atoms with Gasteiger partial charge in [-0.1, -0.05) is 13.8 Å². The maximum atomic E-state index is 9.70. The molecular weight excluding hydrogens is 216 g/mol. The third-order valence-electron chi connectivity index (χ3n) is 2.56. The predicted octanol–water partition coefficient (Wildman–Crippen LogP) is 2.14. The van der Waals surface area contributed by atoms with Crippen molar-refractivity contribution in [1.82, 2.24) is 10.3 Å². The zero-order valence-corrected chi connectivity index (χ0v) is 9.94. The van der Waals surface area contributed by atoms with Crippen LogP contribution in [0.1, 0.15) is 19.5 Å². The van der Waals surface area contributed by atoms with Crippen molar-refractivity contribution in [2.24, 2.45) is 0 Å². The van der Waals surface area contributed by atoms with Crippen LogP contribution in [0.15, 0.2) is 24.3 Å². The Bertz CT molecular complexity index is 538. The number of benzene rings is 1. The van der Waals surface area contributed by atoms with Gasteiger partial charge in [0.1, 0.15) is 17.0 Å². The van der Waals surface area contributed by atoms with Gasteiger partial charge in [0.05, 0.1) is 5.69 Å². The first kappa shape index (κ1) is 11.7. The van der Waals surface area contributed by atoms with Gasteiger partial charge in [-0.05, 0) is 24.3 Å². The average Bonchev–Trinajstić information content (AvgIpc) is 2.31. The molecule has 3 N–H and O–H groups in total. The second-order valence-electron chi connectivity index (χ2n) is 4.34. The molecule has 0 radical (unpaired) electrons. The van der Waals surface area contributed by atoms with Crippen LogP contribution in [0.2, 0.25) is 0 Å². The first-order chi connectivity index (χ1) is 8.08. The molecule has 17 heavy (non-hydrogen) atoms. The maximum absolute atomic E-state index is 9.70. The monoisotopic (exact) mass is 232 g/mol. The summed E-state index contributed by atoms with van der Waals surface area (Å²) in [7, 11) is 0. The summed E-state index contributed by atoms with van der Waals surface area (Å²) in [5.41, 5.74) is 1.28. The molecule has 4 heteroatoms. The molecule has 0 fully saturated rings. The van der Waals surface area contributed by atoms with E-state index in [2.05, 4.69) is 24.1 Å². The molecular formula is C13H16N2O2. The molecule has 0 unspecified atom stereocenters. The summed E-state index contributed by atoms with van der Waals surface area (Å²) < 4.78 is 0. The van der Waals surface area contributed by atoms with E-state index >= 15 is 0 Å². The highest BCUT2D eigenvalue weighted by Gasteiger charge is 2.07. The molecule has 2 rings (SSSR count). The smallest absolute Gasteiger partial charge is 0.142 e. The van der Waals surface area contributed by atoms with E-state index in [9.17, 15) is 10.2 Å². The van der Waals surface area contributed by atoms with Crippen LogP contribution in [0.5, 0.6) is 11.5 Å². The Kier molecular flexibility index (Phi) is 3.15. The van der Waals surface area contributed by atoms with Crippen LogP contribution in [0.4, 0.5) is 0 Å². The minimum Gasteiger partial charge on any atom is -0.507 e. The Balaban J connectivity index is 2.39. The molecule has 0 aliphatic rings. The van der Waals surface area contributed by atoms with Crippen molar-refractivity contribution in [3.8, 4) is 11.5 Å². The summed E-state index contributed by atoms with van der Waals surface area (Å²) in [6, 6.07) is 6.91. The first-order valence-corrected chi connectivity index (χ1v) is 5.62. The third kappa shape index (κ3) is 2.47. The number of aromatic hydroxyl groups is 2. The predicted molar refractivity (Wildman–Crippen MR) is 67.0 cm³/mol. The number of phenols is 2. The number of nitrogens with one attached hydrogen (secondary N) is 1. The van der Waals surface area contributed by atoms with Gasteiger partial charge in [-0.2, -0.15) is 0 Å². The van der Waals surface area contributed by atoms with Gasteiger partial charge in [0.2, 0.25) is 0 Å². The molecule has 0 aliphatic carbocycles. The van der Waals surface area contributed by atoms with E-state index < -0.39 is 0 Å². The van der Waals surface area contributed by atoms with Crippen LogP contribution >= 0.6 is 0 Å². The molecule has 0 saturated heterocycles. The van der Waals surface area contributed by atoms with Crippen LogP contribution < -0.4 is 5.32 Å². The van der Waals surface area contributed by atoms with Crippen LogP contribution in [-0.2, 0) is 6.54 Å². The third-order valence-corrected chi connectivity index (χ3v) is 2.56. The highest BCUT2D eigenvalue weighted by molar-refractivity contribution is 5.89. The Morgan fingerprint density at radius 3 is 2.53 bits per heavy atom. The molecule has 1 heterocycles. The molecule has 0 saturated carbocycles. The van der Waals surface area contributed by atoms with Crippen molar-refractivity contribution in [2.45, 2.75) is 26.4 Å². The van der Waals surface area contributed by atoms with Gasteiger partial charge in [-0.3, -0.25) is 0 Å². The lowest BCUT2D eigenvalue weighted by Gasteiger charge is -2.09. The standard InChI is InChI=1S/C13H16N2O2/c1-8(2)14-7-9-3-4-10-11(16)5-6-12(17)13(10)15-9/h3-6,8,14,16-17H,7H2,1-2H3. The van der Waals surface area contributed by atoms with Gasteiger partial charge in [0.15, 0.2) is 0 Å². The van der Waals surface area contributed by atoms with E-state index in [0.717, 1.165) is 5.69 Å². The lowest BCUT2D eigenvalue weighted by molar-refractivity contribution is 0.468. The Labute approximate surface area is 99.9 Å². The van der Waals surface area contributed by atoms with Crippen LogP contribution in [0.3, 0.4) is 0 Å². The van der Waals surface area contributed by atoms with Crippen molar-refractivity contribution < 1.29 is 10.2 Å². The first-order valence-electron chi connectivity index (χ1n) is 5.62. The number of rotatable bonds is 3. The topological polar surface area (TPSA) is 65.4 Å². The Morgan fingerprint density at radius 1 is 1.12 bits per heavy atom. The zero-order chi connectivity index (χ0) is 12.4. The van der Waals surface area contributed by atoms with Crippen LogP contribution in [0, 0.1) is 0 Å². The Hall–Kier alpha value is -1.81. The minimum absolute atomic E-state index is 0.0872. The molecule has 90 valence electrons. The molecule has 0 spiro atoms. The lowest BCUT2D eigenvalue weighted by Crippen LogP contribution is -2.22. The van der Waals surface area contributed by atoms with E-state index in [1.165, 1.54) is 12.1 Å². The number of hydrogen-bond donors (Lipinski definition) is 3. The lowest BCUT2D eigenvalue weighted by atomic mass is 10.1. The van der Waals surface area contributed by atoms with Crippen molar-refractivity contribution >= 4 is 10.9 Å². The van der Waals surface area contributed by atoms with Gasteiger partial charge in [0, 0.05) is 18.0 Å². The minimum atomic E-state index is 0.0872. The molecule has 4 nitrogen and oxygen atoms in total. The van der Waals surface area contributed by atoms with E-state index in [4.69, 9.17) is 0 Å². The number of nitrogens with zero attached hydrogens (tertiary/aromatic N) is 1. The summed E-state index contributed by atoms with van der Waals surface area (Å²) >= 11 is 0. The van der Waals surface area contributed by atoms with Gasteiger partial charge in [-0.15, -0.1) is 0 Å².